The van der Waals surface area contributed by atoms with Crippen molar-refractivity contribution in [1.29, 1.82) is 0 Å². The molecule has 0 spiro atoms. The summed E-state index contributed by atoms with van der Waals surface area (Å²) in [5, 5.41) is 6.33. The van der Waals surface area contributed by atoms with Gasteiger partial charge in [-0.1, -0.05) is 12.1 Å². The smallest absolute Gasteiger partial charge is 0.233 e. The molecule has 2 N–H and O–H groups in total. The summed E-state index contributed by atoms with van der Waals surface area (Å²) in [6.45, 7) is 13.2. The van der Waals surface area contributed by atoms with E-state index in [0.717, 1.165) is 11.4 Å². The molecule has 1 unspecified atom stereocenters. The van der Waals surface area contributed by atoms with Crippen LogP contribution >= 0.6 is 11.8 Å². The molecular formula is C17H28N2OS. The Hall–Kier alpha value is -1.00. The van der Waals surface area contributed by atoms with Gasteiger partial charge in [0.05, 0.1) is 5.25 Å². The third kappa shape index (κ3) is 7.53. The topological polar surface area (TPSA) is 41.1 Å². The minimum atomic E-state index is -0.0778. The molecule has 0 fully saturated rings. The van der Waals surface area contributed by atoms with Gasteiger partial charge in [0, 0.05) is 23.0 Å². The molecule has 118 valence electrons. The normalized spacial score (nSPS) is 13.3. The van der Waals surface area contributed by atoms with Crippen molar-refractivity contribution in [1.82, 2.24) is 10.6 Å². The van der Waals surface area contributed by atoms with Crippen LogP contribution in [0.15, 0.2) is 29.2 Å². The number of amides is 1. The van der Waals surface area contributed by atoms with Crippen LogP contribution in [0.5, 0.6) is 0 Å². The monoisotopic (exact) mass is 308 g/mol. The van der Waals surface area contributed by atoms with Crippen molar-refractivity contribution in [2.24, 2.45) is 0 Å². The van der Waals surface area contributed by atoms with Gasteiger partial charge in [-0.05, 0) is 59.2 Å². The first-order valence-corrected chi connectivity index (χ1v) is 8.36. The van der Waals surface area contributed by atoms with E-state index in [-0.39, 0.29) is 22.7 Å². The van der Waals surface area contributed by atoms with E-state index in [4.69, 9.17) is 0 Å². The molecule has 0 heterocycles. The Morgan fingerprint density at radius 2 is 1.71 bits per heavy atom. The molecule has 1 atom stereocenters. The minimum absolute atomic E-state index is 0.0778. The quantitative estimate of drug-likeness (QED) is 0.789. The highest BCUT2D eigenvalue weighted by Gasteiger charge is 2.15. The zero-order chi connectivity index (χ0) is 16.0. The summed E-state index contributed by atoms with van der Waals surface area (Å²) in [6, 6.07) is 8.60. The van der Waals surface area contributed by atoms with E-state index < -0.39 is 0 Å². The van der Waals surface area contributed by atoms with Crippen LogP contribution in [0.2, 0.25) is 0 Å². The summed E-state index contributed by atoms with van der Waals surface area (Å²) < 4.78 is 0. The zero-order valence-electron chi connectivity index (χ0n) is 14.0. The third-order valence-electron chi connectivity index (χ3n) is 2.86. The Bertz CT molecular complexity index is 449. The molecule has 3 nitrogen and oxygen atoms in total. The van der Waals surface area contributed by atoms with Crippen molar-refractivity contribution in [2.45, 2.75) is 69.8 Å². The molecule has 1 aromatic rings. The predicted molar refractivity (Wildman–Crippen MR) is 91.6 cm³/mol. The average Bonchev–Trinajstić information content (AvgIpc) is 2.36. The fraction of sp³-hybridized carbons (Fsp3) is 0.588. The van der Waals surface area contributed by atoms with Gasteiger partial charge >= 0.3 is 0 Å². The van der Waals surface area contributed by atoms with E-state index in [0.29, 0.717) is 0 Å². The van der Waals surface area contributed by atoms with E-state index in [1.165, 1.54) is 5.56 Å². The number of nitrogens with one attached hydrogen (secondary N) is 2. The molecule has 0 radical (unpaired) electrons. The third-order valence-corrected chi connectivity index (χ3v) is 3.97. The van der Waals surface area contributed by atoms with Gasteiger partial charge in [-0.3, -0.25) is 4.79 Å². The van der Waals surface area contributed by atoms with Crippen molar-refractivity contribution in [3.05, 3.63) is 29.8 Å². The summed E-state index contributed by atoms with van der Waals surface area (Å²) in [6.07, 6.45) is 0. The van der Waals surface area contributed by atoms with Gasteiger partial charge in [0.25, 0.3) is 0 Å². The highest BCUT2D eigenvalue weighted by atomic mass is 32.2. The largest absolute Gasteiger partial charge is 0.353 e. The second-order valence-electron chi connectivity index (χ2n) is 6.67. The van der Waals surface area contributed by atoms with Gasteiger partial charge in [-0.2, -0.15) is 0 Å². The number of benzene rings is 1. The second-order valence-corrected chi connectivity index (χ2v) is 8.09. The number of hydrogen-bond donors (Lipinski definition) is 2. The summed E-state index contributed by atoms with van der Waals surface area (Å²) in [5.74, 6) is 0.0912. The lowest BCUT2D eigenvalue weighted by molar-refractivity contribution is -0.120. The molecule has 0 saturated carbocycles. The van der Waals surface area contributed by atoms with Crippen molar-refractivity contribution >= 4 is 17.7 Å². The van der Waals surface area contributed by atoms with E-state index in [1.807, 2.05) is 20.8 Å². The molecule has 0 aromatic heterocycles. The molecule has 1 amide bonds. The van der Waals surface area contributed by atoms with E-state index >= 15 is 0 Å². The molecule has 1 rings (SSSR count). The summed E-state index contributed by atoms with van der Waals surface area (Å²) in [4.78, 5) is 13.0. The zero-order valence-corrected chi connectivity index (χ0v) is 14.8. The van der Waals surface area contributed by atoms with Crippen LogP contribution in [0.1, 0.15) is 47.1 Å². The first kappa shape index (κ1) is 18.1. The second kappa shape index (κ2) is 7.85. The maximum absolute atomic E-state index is 11.9. The van der Waals surface area contributed by atoms with Crippen molar-refractivity contribution in [3.8, 4) is 0 Å². The molecule has 0 aliphatic heterocycles. The molecule has 0 bridgehead atoms. The van der Waals surface area contributed by atoms with Crippen molar-refractivity contribution in [3.63, 3.8) is 0 Å². The van der Waals surface area contributed by atoms with Crippen LogP contribution < -0.4 is 10.6 Å². The molecule has 21 heavy (non-hydrogen) atoms. The van der Waals surface area contributed by atoms with Gasteiger partial charge < -0.3 is 10.6 Å². The highest BCUT2D eigenvalue weighted by molar-refractivity contribution is 8.00. The lowest BCUT2D eigenvalue weighted by Gasteiger charge is -2.20. The van der Waals surface area contributed by atoms with E-state index in [2.05, 4.69) is 55.7 Å². The Balaban J connectivity index is 2.52. The number of rotatable bonds is 6. The van der Waals surface area contributed by atoms with Crippen molar-refractivity contribution in [2.75, 3.05) is 0 Å². The Kier molecular flexibility index (Phi) is 6.75. The number of carbonyl (C=O) groups excluding carboxylic acids is 1. The van der Waals surface area contributed by atoms with Gasteiger partial charge in [-0.15, -0.1) is 11.8 Å². The molecule has 0 aliphatic carbocycles. The SMILES string of the molecule is CC(C)NC(=O)C(C)Sc1ccc(CNC(C)(C)C)cc1. The van der Waals surface area contributed by atoms with Crippen LogP contribution in [0.4, 0.5) is 0 Å². The van der Waals surface area contributed by atoms with Crippen molar-refractivity contribution < 1.29 is 4.79 Å². The van der Waals surface area contributed by atoms with Crippen LogP contribution in [0, 0.1) is 0 Å². The lowest BCUT2D eigenvalue weighted by Crippen LogP contribution is -2.35. The van der Waals surface area contributed by atoms with Gasteiger partial charge in [0.1, 0.15) is 0 Å². The predicted octanol–water partition coefficient (Wildman–Crippen LogP) is 3.58. The Labute approximate surface area is 133 Å². The van der Waals surface area contributed by atoms with Gasteiger partial charge in [0.15, 0.2) is 0 Å². The van der Waals surface area contributed by atoms with E-state index in [1.54, 1.807) is 11.8 Å². The maximum atomic E-state index is 11.9. The molecule has 1 aromatic carbocycles. The standard InChI is InChI=1S/C17H28N2OS/c1-12(2)19-16(20)13(3)21-15-9-7-14(8-10-15)11-18-17(4,5)6/h7-10,12-13,18H,11H2,1-6H3,(H,19,20). The van der Waals surface area contributed by atoms with Crippen LogP contribution in [0.3, 0.4) is 0 Å². The average molecular weight is 308 g/mol. The minimum Gasteiger partial charge on any atom is -0.353 e. The fourth-order valence-corrected chi connectivity index (χ4v) is 2.59. The first-order valence-electron chi connectivity index (χ1n) is 7.48. The fourth-order valence-electron chi connectivity index (χ4n) is 1.71. The van der Waals surface area contributed by atoms with Crippen LogP contribution in [-0.4, -0.2) is 22.7 Å². The first-order chi connectivity index (χ1) is 9.67. The van der Waals surface area contributed by atoms with Gasteiger partial charge in [-0.25, -0.2) is 0 Å². The molecular weight excluding hydrogens is 280 g/mol. The molecule has 0 aliphatic rings. The van der Waals surface area contributed by atoms with Crippen LogP contribution in [0.25, 0.3) is 0 Å². The Morgan fingerprint density at radius 3 is 2.19 bits per heavy atom. The summed E-state index contributed by atoms with van der Waals surface area (Å²) in [7, 11) is 0. The number of hydrogen-bond acceptors (Lipinski definition) is 3. The number of carbonyl (C=O) groups is 1. The lowest BCUT2D eigenvalue weighted by atomic mass is 10.1. The van der Waals surface area contributed by atoms with E-state index in [9.17, 15) is 4.79 Å². The molecule has 0 saturated heterocycles. The summed E-state index contributed by atoms with van der Waals surface area (Å²) in [5.41, 5.74) is 1.38. The number of thioether (sulfide) groups is 1. The summed E-state index contributed by atoms with van der Waals surface area (Å²) >= 11 is 1.59. The maximum Gasteiger partial charge on any atom is 0.233 e. The van der Waals surface area contributed by atoms with Gasteiger partial charge in [0.2, 0.25) is 5.91 Å². The Morgan fingerprint density at radius 1 is 1.14 bits per heavy atom. The molecule has 4 heteroatoms. The highest BCUT2D eigenvalue weighted by Crippen LogP contribution is 2.23. The van der Waals surface area contributed by atoms with Crippen LogP contribution in [-0.2, 0) is 11.3 Å².